The minimum atomic E-state index is -0.228. The van der Waals surface area contributed by atoms with Gasteiger partial charge in [0.1, 0.15) is 5.75 Å². The molecular weight excluding hydrogens is 338 g/mol. The Morgan fingerprint density at radius 1 is 0.963 bits per heavy atom. The zero-order valence-electron chi connectivity index (χ0n) is 14.7. The fourth-order valence-corrected chi connectivity index (χ4v) is 2.91. The van der Waals surface area contributed by atoms with Crippen LogP contribution in [0.4, 0.5) is 0 Å². The maximum Gasteiger partial charge on any atom is 0.282 e. The van der Waals surface area contributed by atoms with Crippen molar-refractivity contribution in [3.8, 4) is 17.1 Å². The van der Waals surface area contributed by atoms with E-state index in [0.717, 1.165) is 16.7 Å². The number of aryl methyl sites for hydroxylation is 1. The molecule has 5 heteroatoms. The fourth-order valence-electron chi connectivity index (χ4n) is 2.91. The zero-order valence-corrected chi connectivity index (χ0v) is 14.7. The molecule has 1 N–H and O–H groups in total. The Morgan fingerprint density at radius 2 is 1.67 bits per heavy atom. The number of aromatic nitrogens is 2. The van der Waals surface area contributed by atoms with Gasteiger partial charge in [-0.3, -0.25) is 4.79 Å². The molecule has 4 rings (SSSR count). The second-order valence-electron chi connectivity index (χ2n) is 6.22. The van der Waals surface area contributed by atoms with E-state index in [1.165, 1.54) is 4.68 Å². The van der Waals surface area contributed by atoms with Crippen LogP contribution in [-0.2, 0) is 0 Å². The van der Waals surface area contributed by atoms with Gasteiger partial charge in [0.15, 0.2) is 5.82 Å². The van der Waals surface area contributed by atoms with Gasteiger partial charge in [-0.2, -0.15) is 9.78 Å². The van der Waals surface area contributed by atoms with Crippen LogP contribution in [0, 0.1) is 6.92 Å². The van der Waals surface area contributed by atoms with Crippen molar-refractivity contribution in [3.05, 3.63) is 94.3 Å². The Bertz CT molecular complexity index is 1210. The summed E-state index contributed by atoms with van der Waals surface area (Å²) in [7, 11) is 0. The minimum absolute atomic E-state index is 0.178. The van der Waals surface area contributed by atoms with Crippen molar-refractivity contribution in [1.29, 1.82) is 0 Å². The van der Waals surface area contributed by atoms with E-state index in [2.05, 4.69) is 5.10 Å². The number of nitrogens with zero attached hydrogens (tertiary/aromatic N) is 3. The molecule has 27 heavy (non-hydrogen) atoms. The molecule has 0 amide bonds. The molecule has 0 bridgehead atoms. The normalized spacial score (nSPS) is 11.3. The number of phenols is 1. The van der Waals surface area contributed by atoms with E-state index in [1.807, 2.05) is 49.4 Å². The monoisotopic (exact) mass is 355 g/mol. The van der Waals surface area contributed by atoms with Gasteiger partial charge in [0.25, 0.3) is 5.56 Å². The van der Waals surface area contributed by atoms with E-state index in [-0.39, 0.29) is 11.3 Å². The molecule has 0 atom stereocenters. The Hall–Kier alpha value is -3.73. The molecule has 0 aliphatic rings. The lowest BCUT2D eigenvalue weighted by Crippen LogP contribution is -2.20. The highest BCUT2D eigenvalue weighted by Gasteiger charge is 2.13. The molecule has 0 saturated heterocycles. The largest absolute Gasteiger partial charge is 0.508 e. The lowest BCUT2D eigenvalue weighted by Gasteiger charge is -2.11. The number of hydrogen-bond donors (Lipinski definition) is 1. The SMILES string of the molecule is Cc1ccccc1-c1nc2ccccc2c(=O)n1/N=C/c1ccc(O)cc1. The molecule has 0 fully saturated rings. The van der Waals surface area contributed by atoms with Crippen LogP contribution >= 0.6 is 0 Å². The summed E-state index contributed by atoms with van der Waals surface area (Å²) in [6, 6.07) is 21.6. The average molecular weight is 355 g/mol. The van der Waals surface area contributed by atoms with Crippen LogP contribution in [0.25, 0.3) is 22.3 Å². The number of rotatable bonds is 3. The van der Waals surface area contributed by atoms with Gasteiger partial charge in [-0.25, -0.2) is 4.98 Å². The molecule has 0 spiro atoms. The second-order valence-corrected chi connectivity index (χ2v) is 6.22. The number of fused-ring (bicyclic) bond motifs is 1. The molecule has 1 aromatic heterocycles. The zero-order chi connectivity index (χ0) is 18.8. The van der Waals surface area contributed by atoms with Crippen molar-refractivity contribution in [2.75, 3.05) is 0 Å². The van der Waals surface area contributed by atoms with Crippen LogP contribution < -0.4 is 5.56 Å². The molecule has 0 radical (unpaired) electrons. The van der Waals surface area contributed by atoms with E-state index < -0.39 is 0 Å². The summed E-state index contributed by atoms with van der Waals surface area (Å²) in [6.07, 6.45) is 1.58. The van der Waals surface area contributed by atoms with Crippen molar-refractivity contribution in [3.63, 3.8) is 0 Å². The Labute approximate surface area is 155 Å². The maximum atomic E-state index is 13.1. The summed E-state index contributed by atoms with van der Waals surface area (Å²) in [5, 5.41) is 14.3. The first-order valence-corrected chi connectivity index (χ1v) is 8.55. The Kier molecular flexibility index (Phi) is 4.26. The molecule has 0 unspecified atom stereocenters. The smallest absolute Gasteiger partial charge is 0.282 e. The van der Waals surface area contributed by atoms with E-state index >= 15 is 0 Å². The van der Waals surface area contributed by atoms with Gasteiger partial charge < -0.3 is 5.11 Å². The van der Waals surface area contributed by atoms with Crippen molar-refractivity contribution < 1.29 is 5.11 Å². The highest BCUT2D eigenvalue weighted by Crippen LogP contribution is 2.22. The van der Waals surface area contributed by atoms with E-state index in [0.29, 0.717) is 16.7 Å². The molecule has 4 aromatic rings. The van der Waals surface area contributed by atoms with Gasteiger partial charge in [-0.05, 0) is 54.4 Å². The minimum Gasteiger partial charge on any atom is -0.508 e. The van der Waals surface area contributed by atoms with E-state index in [1.54, 1.807) is 36.5 Å². The first-order valence-electron chi connectivity index (χ1n) is 8.55. The summed E-state index contributed by atoms with van der Waals surface area (Å²) in [4.78, 5) is 17.8. The number of phenolic OH excluding ortho intramolecular Hbond substituents is 1. The maximum absolute atomic E-state index is 13.1. The average Bonchev–Trinajstić information content (AvgIpc) is 2.69. The van der Waals surface area contributed by atoms with Gasteiger partial charge in [0.05, 0.1) is 17.1 Å². The van der Waals surface area contributed by atoms with Gasteiger partial charge in [-0.1, -0.05) is 36.4 Å². The fraction of sp³-hybridized carbons (Fsp3) is 0.0455. The topological polar surface area (TPSA) is 67.5 Å². The van der Waals surface area contributed by atoms with Gasteiger partial charge in [0.2, 0.25) is 0 Å². The third kappa shape index (κ3) is 3.22. The molecular formula is C22H17N3O2. The summed E-state index contributed by atoms with van der Waals surface area (Å²) >= 11 is 0. The molecule has 132 valence electrons. The molecule has 3 aromatic carbocycles. The number of hydrogen-bond acceptors (Lipinski definition) is 4. The first-order chi connectivity index (χ1) is 13.1. The standard InChI is InChI=1S/C22H17N3O2/c1-15-6-2-3-7-18(15)21-24-20-9-5-4-8-19(20)22(27)25(21)23-14-16-10-12-17(26)13-11-16/h2-14,26H,1H3/b23-14+. The predicted molar refractivity (Wildman–Crippen MR) is 107 cm³/mol. The first kappa shape index (κ1) is 16.7. The molecule has 0 aliphatic heterocycles. The van der Waals surface area contributed by atoms with Crippen LogP contribution in [0.2, 0.25) is 0 Å². The lowest BCUT2D eigenvalue weighted by molar-refractivity contribution is 0.475. The summed E-state index contributed by atoms with van der Waals surface area (Å²) < 4.78 is 1.33. The van der Waals surface area contributed by atoms with Crippen molar-refractivity contribution in [2.24, 2.45) is 5.10 Å². The highest BCUT2D eigenvalue weighted by molar-refractivity contribution is 5.82. The van der Waals surface area contributed by atoms with Crippen molar-refractivity contribution in [1.82, 2.24) is 9.66 Å². The Balaban J connectivity index is 1.95. The second kappa shape index (κ2) is 6.88. The van der Waals surface area contributed by atoms with Crippen LogP contribution in [0.1, 0.15) is 11.1 Å². The van der Waals surface area contributed by atoms with Crippen LogP contribution in [0.3, 0.4) is 0 Å². The van der Waals surface area contributed by atoms with Crippen molar-refractivity contribution in [2.45, 2.75) is 6.92 Å². The van der Waals surface area contributed by atoms with E-state index in [9.17, 15) is 9.90 Å². The quantitative estimate of drug-likeness (QED) is 0.566. The number of benzene rings is 3. The summed E-state index contributed by atoms with van der Waals surface area (Å²) in [5.74, 6) is 0.670. The lowest BCUT2D eigenvalue weighted by atomic mass is 10.1. The van der Waals surface area contributed by atoms with Crippen LogP contribution in [0.5, 0.6) is 5.75 Å². The number of para-hydroxylation sites is 1. The highest BCUT2D eigenvalue weighted by atomic mass is 16.3. The molecule has 0 aliphatic carbocycles. The van der Waals surface area contributed by atoms with Crippen LogP contribution in [0.15, 0.2) is 82.7 Å². The summed E-state index contributed by atoms with van der Waals surface area (Å²) in [6.45, 7) is 1.98. The van der Waals surface area contributed by atoms with Crippen molar-refractivity contribution >= 4 is 17.1 Å². The third-order valence-electron chi connectivity index (χ3n) is 4.36. The Morgan fingerprint density at radius 3 is 2.44 bits per heavy atom. The van der Waals surface area contributed by atoms with Gasteiger partial charge >= 0.3 is 0 Å². The summed E-state index contributed by atoms with van der Waals surface area (Å²) in [5.41, 5.74) is 3.03. The number of aromatic hydroxyl groups is 1. The molecule has 0 saturated carbocycles. The van der Waals surface area contributed by atoms with Gasteiger partial charge in [0, 0.05) is 5.56 Å². The van der Waals surface area contributed by atoms with Gasteiger partial charge in [-0.15, -0.1) is 0 Å². The third-order valence-corrected chi connectivity index (χ3v) is 4.36. The molecule has 5 nitrogen and oxygen atoms in total. The van der Waals surface area contributed by atoms with E-state index in [4.69, 9.17) is 4.98 Å². The van der Waals surface area contributed by atoms with Crippen LogP contribution in [-0.4, -0.2) is 21.0 Å². The predicted octanol–water partition coefficient (Wildman–Crippen LogP) is 3.96. The molecule has 1 heterocycles.